The van der Waals surface area contributed by atoms with Crippen molar-refractivity contribution in [3.05, 3.63) is 53.6 Å². The van der Waals surface area contributed by atoms with E-state index < -0.39 is 0 Å². The van der Waals surface area contributed by atoms with Gasteiger partial charge in [0.05, 0.1) is 19.2 Å². The van der Waals surface area contributed by atoms with Crippen molar-refractivity contribution in [2.75, 3.05) is 25.6 Å². The number of nitrogens with one attached hydrogen (secondary N) is 2. The van der Waals surface area contributed by atoms with Crippen LogP contribution in [0.25, 0.3) is 0 Å². The van der Waals surface area contributed by atoms with Crippen LogP contribution >= 0.6 is 0 Å². The number of rotatable bonds is 3. The van der Waals surface area contributed by atoms with Crippen LogP contribution in [0.3, 0.4) is 0 Å². The van der Waals surface area contributed by atoms with Gasteiger partial charge in [-0.25, -0.2) is 0 Å². The van der Waals surface area contributed by atoms with Crippen LogP contribution in [0.5, 0.6) is 11.5 Å². The van der Waals surface area contributed by atoms with Crippen LogP contribution in [0.2, 0.25) is 0 Å². The summed E-state index contributed by atoms with van der Waals surface area (Å²) in [6, 6.07) is 11.8. The zero-order chi connectivity index (χ0) is 16.2. The van der Waals surface area contributed by atoms with E-state index in [4.69, 9.17) is 9.47 Å². The Balaban J connectivity index is 1.79. The average Bonchev–Trinajstić information content (AvgIpc) is 2.77. The lowest BCUT2D eigenvalue weighted by molar-refractivity contribution is 0.0955. The van der Waals surface area contributed by atoms with Gasteiger partial charge in [-0.2, -0.15) is 0 Å². The summed E-state index contributed by atoms with van der Waals surface area (Å²) in [5.41, 5.74) is 1.45. The molecule has 0 saturated heterocycles. The van der Waals surface area contributed by atoms with Crippen molar-refractivity contribution in [3.8, 4) is 11.5 Å². The topological polar surface area (TPSA) is 76.7 Å². The van der Waals surface area contributed by atoms with Crippen molar-refractivity contribution >= 4 is 17.5 Å². The van der Waals surface area contributed by atoms with Gasteiger partial charge >= 0.3 is 0 Å². The van der Waals surface area contributed by atoms with Crippen molar-refractivity contribution in [1.29, 1.82) is 0 Å². The molecule has 0 aromatic heterocycles. The predicted molar refractivity (Wildman–Crippen MR) is 85.2 cm³/mol. The number of carbonyl (C=O) groups is 2. The number of anilines is 1. The molecule has 0 spiro atoms. The molecule has 2 amide bonds. The first-order valence-electron chi connectivity index (χ1n) is 7.18. The fourth-order valence-corrected chi connectivity index (χ4v) is 2.28. The minimum Gasteiger partial charge on any atom is -0.497 e. The monoisotopic (exact) mass is 312 g/mol. The number of ether oxygens (including phenoxy) is 2. The zero-order valence-corrected chi connectivity index (χ0v) is 12.6. The number of benzene rings is 2. The highest BCUT2D eigenvalue weighted by atomic mass is 16.5. The second-order valence-corrected chi connectivity index (χ2v) is 5.00. The third-order valence-corrected chi connectivity index (χ3v) is 3.48. The van der Waals surface area contributed by atoms with Crippen LogP contribution in [0.4, 0.5) is 5.69 Å². The molecule has 23 heavy (non-hydrogen) atoms. The van der Waals surface area contributed by atoms with E-state index in [2.05, 4.69) is 10.6 Å². The van der Waals surface area contributed by atoms with Gasteiger partial charge in [-0.15, -0.1) is 0 Å². The van der Waals surface area contributed by atoms with E-state index in [0.717, 1.165) is 0 Å². The molecule has 0 bridgehead atoms. The lowest BCUT2D eigenvalue weighted by Crippen LogP contribution is -2.24. The Morgan fingerprint density at radius 2 is 2.00 bits per heavy atom. The Hall–Kier alpha value is -3.02. The van der Waals surface area contributed by atoms with Gasteiger partial charge in [0.25, 0.3) is 11.8 Å². The highest BCUT2D eigenvalue weighted by molar-refractivity contribution is 6.05. The van der Waals surface area contributed by atoms with Crippen LogP contribution in [-0.4, -0.2) is 32.1 Å². The number of hydrogen-bond acceptors (Lipinski definition) is 4. The molecule has 6 nitrogen and oxygen atoms in total. The van der Waals surface area contributed by atoms with E-state index in [1.807, 2.05) is 0 Å². The molecule has 3 rings (SSSR count). The van der Waals surface area contributed by atoms with Crippen molar-refractivity contribution < 1.29 is 19.1 Å². The molecule has 0 aliphatic carbocycles. The summed E-state index contributed by atoms with van der Waals surface area (Å²) in [6.45, 7) is 0.886. The molecular weight excluding hydrogens is 296 g/mol. The smallest absolute Gasteiger partial charge is 0.255 e. The van der Waals surface area contributed by atoms with Gasteiger partial charge in [-0.05, 0) is 42.5 Å². The van der Waals surface area contributed by atoms with Gasteiger partial charge in [0.2, 0.25) is 0 Å². The van der Waals surface area contributed by atoms with E-state index in [0.29, 0.717) is 41.5 Å². The summed E-state index contributed by atoms with van der Waals surface area (Å²) in [4.78, 5) is 24.2. The van der Waals surface area contributed by atoms with Crippen molar-refractivity contribution in [2.24, 2.45) is 0 Å². The molecule has 2 aromatic rings. The summed E-state index contributed by atoms with van der Waals surface area (Å²) in [5.74, 6) is 0.725. The molecule has 1 aliphatic rings. The second-order valence-electron chi connectivity index (χ2n) is 5.00. The lowest BCUT2D eigenvalue weighted by atomic mass is 10.1. The van der Waals surface area contributed by atoms with E-state index in [9.17, 15) is 9.59 Å². The maximum atomic E-state index is 12.2. The largest absolute Gasteiger partial charge is 0.497 e. The Labute approximate surface area is 133 Å². The van der Waals surface area contributed by atoms with Gasteiger partial charge in [-0.1, -0.05) is 0 Å². The van der Waals surface area contributed by atoms with Gasteiger partial charge in [0, 0.05) is 11.3 Å². The first-order valence-corrected chi connectivity index (χ1v) is 7.18. The van der Waals surface area contributed by atoms with Gasteiger partial charge in [0.1, 0.15) is 18.1 Å². The minimum absolute atomic E-state index is 0.210. The molecule has 2 aromatic carbocycles. The van der Waals surface area contributed by atoms with Crippen LogP contribution in [0.15, 0.2) is 42.5 Å². The third kappa shape index (κ3) is 3.26. The number of fused-ring (bicyclic) bond motifs is 1. The van der Waals surface area contributed by atoms with Crippen molar-refractivity contribution in [2.45, 2.75) is 0 Å². The number of carbonyl (C=O) groups excluding carboxylic acids is 2. The van der Waals surface area contributed by atoms with Gasteiger partial charge < -0.3 is 20.1 Å². The lowest BCUT2D eigenvalue weighted by Gasteiger charge is -2.10. The SMILES string of the molecule is COc1ccc(C(=O)Nc2ccc3c(c2)C(=O)NCCO3)cc1. The molecule has 1 aliphatic heterocycles. The molecule has 0 fully saturated rings. The van der Waals surface area contributed by atoms with E-state index >= 15 is 0 Å². The molecular formula is C17H16N2O4. The quantitative estimate of drug-likeness (QED) is 0.909. The summed E-state index contributed by atoms with van der Waals surface area (Å²) >= 11 is 0. The average molecular weight is 312 g/mol. The Kier molecular flexibility index (Phi) is 4.14. The Morgan fingerprint density at radius 1 is 1.22 bits per heavy atom. The fourth-order valence-electron chi connectivity index (χ4n) is 2.28. The Morgan fingerprint density at radius 3 is 2.74 bits per heavy atom. The molecule has 0 radical (unpaired) electrons. The minimum atomic E-state index is -0.262. The third-order valence-electron chi connectivity index (χ3n) is 3.48. The van der Waals surface area contributed by atoms with Crippen molar-refractivity contribution in [3.63, 3.8) is 0 Å². The highest BCUT2D eigenvalue weighted by Crippen LogP contribution is 2.24. The molecule has 2 N–H and O–H groups in total. The summed E-state index contributed by atoms with van der Waals surface area (Å²) in [7, 11) is 1.57. The fraction of sp³-hybridized carbons (Fsp3) is 0.176. The molecule has 6 heteroatoms. The Bertz CT molecular complexity index is 741. The number of hydrogen-bond donors (Lipinski definition) is 2. The molecule has 1 heterocycles. The highest BCUT2D eigenvalue weighted by Gasteiger charge is 2.17. The standard InChI is InChI=1S/C17H16N2O4/c1-22-13-5-2-11(3-6-13)16(20)19-12-4-7-15-14(10-12)17(21)18-8-9-23-15/h2-7,10H,8-9H2,1H3,(H,18,21)(H,19,20). The number of methoxy groups -OCH3 is 1. The second kappa shape index (κ2) is 6.39. The molecule has 0 saturated carbocycles. The van der Waals surface area contributed by atoms with Crippen LogP contribution in [0.1, 0.15) is 20.7 Å². The first-order chi connectivity index (χ1) is 11.2. The maximum absolute atomic E-state index is 12.2. The van der Waals surface area contributed by atoms with E-state index in [1.54, 1.807) is 49.6 Å². The van der Waals surface area contributed by atoms with Crippen LogP contribution in [-0.2, 0) is 0 Å². The normalized spacial score (nSPS) is 13.2. The van der Waals surface area contributed by atoms with E-state index in [-0.39, 0.29) is 11.8 Å². The van der Waals surface area contributed by atoms with Crippen LogP contribution < -0.4 is 20.1 Å². The number of amides is 2. The maximum Gasteiger partial charge on any atom is 0.255 e. The van der Waals surface area contributed by atoms with Gasteiger partial charge in [-0.3, -0.25) is 9.59 Å². The van der Waals surface area contributed by atoms with Crippen molar-refractivity contribution in [1.82, 2.24) is 5.32 Å². The first kappa shape index (κ1) is 14.9. The van der Waals surface area contributed by atoms with Crippen LogP contribution in [0, 0.1) is 0 Å². The summed E-state index contributed by atoms with van der Waals surface area (Å²) in [5, 5.41) is 5.51. The van der Waals surface area contributed by atoms with E-state index in [1.165, 1.54) is 0 Å². The predicted octanol–water partition coefficient (Wildman–Crippen LogP) is 2.07. The molecule has 0 unspecified atom stereocenters. The van der Waals surface area contributed by atoms with Gasteiger partial charge in [0.15, 0.2) is 0 Å². The molecule has 0 atom stereocenters. The summed E-state index contributed by atoms with van der Waals surface area (Å²) in [6.07, 6.45) is 0. The molecule has 118 valence electrons. The zero-order valence-electron chi connectivity index (χ0n) is 12.6. The summed E-state index contributed by atoms with van der Waals surface area (Å²) < 4.78 is 10.5.